The van der Waals surface area contributed by atoms with E-state index in [1.54, 1.807) is 0 Å². The molecule has 1 unspecified atom stereocenters. The summed E-state index contributed by atoms with van der Waals surface area (Å²) in [4.78, 5) is 0. The Morgan fingerprint density at radius 1 is 1.43 bits per heavy atom. The van der Waals surface area contributed by atoms with Gasteiger partial charge in [0.05, 0.1) is 28.0 Å². The highest BCUT2D eigenvalue weighted by Crippen LogP contribution is 2.51. The third-order valence-electron chi connectivity index (χ3n) is 4.92. The van der Waals surface area contributed by atoms with Crippen LogP contribution in [0.2, 0.25) is 0 Å². The standard InChI is InChI=1S/C15H26N4OS/c1-14(2,3)21(20)18-13-11-10-17-19(4)12(11)9-15(13)5-7-16-8-6-15/h10,13,16,18H,5-9H2,1-4H3/t13-,21?/m1/s1. The molecule has 1 aliphatic heterocycles. The van der Waals surface area contributed by atoms with E-state index in [1.165, 1.54) is 11.3 Å². The molecule has 1 fully saturated rings. The van der Waals surface area contributed by atoms with Gasteiger partial charge in [-0.05, 0) is 58.5 Å². The fourth-order valence-electron chi connectivity index (χ4n) is 3.57. The van der Waals surface area contributed by atoms with E-state index in [1.807, 2.05) is 38.7 Å². The van der Waals surface area contributed by atoms with Crippen LogP contribution in [0.25, 0.3) is 0 Å². The van der Waals surface area contributed by atoms with Crippen LogP contribution in [0.5, 0.6) is 0 Å². The molecule has 21 heavy (non-hydrogen) atoms. The van der Waals surface area contributed by atoms with Crippen molar-refractivity contribution in [1.82, 2.24) is 19.8 Å². The van der Waals surface area contributed by atoms with Crippen LogP contribution >= 0.6 is 0 Å². The van der Waals surface area contributed by atoms with Gasteiger partial charge in [0.2, 0.25) is 0 Å². The molecule has 1 saturated heterocycles. The molecular formula is C15H26N4OS. The van der Waals surface area contributed by atoms with Crippen molar-refractivity contribution in [3.63, 3.8) is 0 Å². The molecule has 2 aliphatic rings. The van der Waals surface area contributed by atoms with Gasteiger partial charge >= 0.3 is 0 Å². The van der Waals surface area contributed by atoms with Crippen molar-refractivity contribution in [3.05, 3.63) is 17.5 Å². The molecule has 0 saturated carbocycles. The SMILES string of the molecule is Cn1ncc2c1CC1(CCNCC1)[C@@H]2NS(=O)C(C)(C)C. The predicted molar refractivity (Wildman–Crippen MR) is 85.2 cm³/mol. The van der Waals surface area contributed by atoms with E-state index >= 15 is 0 Å². The highest BCUT2D eigenvalue weighted by Gasteiger charge is 2.49. The second kappa shape index (κ2) is 5.18. The first-order valence-electron chi connectivity index (χ1n) is 7.73. The number of rotatable bonds is 2. The third-order valence-corrected chi connectivity index (χ3v) is 6.48. The number of hydrogen-bond donors (Lipinski definition) is 2. The second-order valence-corrected chi connectivity index (χ2v) is 9.39. The summed E-state index contributed by atoms with van der Waals surface area (Å²) in [6, 6.07) is 0.156. The van der Waals surface area contributed by atoms with Crippen LogP contribution in [0, 0.1) is 5.41 Å². The lowest BCUT2D eigenvalue weighted by Gasteiger charge is -2.40. The summed E-state index contributed by atoms with van der Waals surface area (Å²) in [6.07, 6.45) is 5.25. The molecule has 1 aromatic rings. The summed E-state index contributed by atoms with van der Waals surface area (Å²) >= 11 is 0. The fourth-order valence-corrected chi connectivity index (χ4v) is 4.51. The smallest absolute Gasteiger partial charge is 0.0976 e. The van der Waals surface area contributed by atoms with E-state index < -0.39 is 11.0 Å². The van der Waals surface area contributed by atoms with E-state index in [-0.39, 0.29) is 16.2 Å². The minimum Gasteiger partial charge on any atom is -0.317 e. The van der Waals surface area contributed by atoms with Gasteiger partial charge in [0, 0.05) is 18.3 Å². The van der Waals surface area contributed by atoms with Gasteiger partial charge in [0.1, 0.15) is 0 Å². The van der Waals surface area contributed by atoms with Crippen LogP contribution in [0.3, 0.4) is 0 Å². The minimum atomic E-state index is -1.06. The Morgan fingerprint density at radius 3 is 2.71 bits per heavy atom. The third kappa shape index (κ3) is 2.58. The number of nitrogens with zero attached hydrogens (tertiary/aromatic N) is 2. The molecule has 6 heteroatoms. The van der Waals surface area contributed by atoms with Crippen LogP contribution in [0.1, 0.15) is 50.9 Å². The van der Waals surface area contributed by atoms with Crippen molar-refractivity contribution >= 4 is 11.0 Å². The fraction of sp³-hybridized carbons (Fsp3) is 0.800. The van der Waals surface area contributed by atoms with Gasteiger partial charge in [-0.15, -0.1) is 0 Å². The first-order chi connectivity index (χ1) is 9.83. The van der Waals surface area contributed by atoms with E-state index in [4.69, 9.17) is 0 Å². The average molecular weight is 310 g/mol. The highest BCUT2D eigenvalue weighted by atomic mass is 32.2. The largest absolute Gasteiger partial charge is 0.317 e. The lowest BCUT2D eigenvalue weighted by molar-refractivity contribution is 0.162. The molecule has 1 aliphatic carbocycles. The number of nitrogens with one attached hydrogen (secondary N) is 2. The number of fused-ring (bicyclic) bond motifs is 1. The van der Waals surface area contributed by atoms with Crippen LogP contribution in [-0.4, -0.2) is 31.8 Å². The first kappa shape index (κ1) is 15.2. The van der Waals surface area contributed by atoms with Crippen molar-refractivity contribution in [1.29, 1.82) is 0 Å². The number of hydrogen-bond acceptors (Lipinski definition) is 3. The molecule has 118 valence electrons. The molecule has 0 bridgehead atoms. The molecule has 1 aromatic heterocycles. The molecule has 1 spiro atoms. The summed E-state index contributed by atoms with van der Waals surface area (Å²) in [5.74, 6) is 0. The molecule has 0 radical (unpaired) electrons. The maximum Gasteiger partial charge on any atom is 0.0976 e. The van der Waals surface area contributed by atoms with Crippen molar-refractivity contribution in [2.24, 2.45) is 12.5 Å². The zero-order valence-electron chi connectivity index (χ0n) is 13.4. The Kier molecular flexibility index (Phi) is 3.74. The molecule has 2 N–H and O–H groups in total. The van der Waals surface area contributed by atoms with Crippen molar-refractivity contribution in [3.8, 4) is 0 Å². The van der Waals surface area contributed by atoms with Crippen LogP contribution in [0.15, 0.2) is 6.20 Å². The van der Waals surface area contributed by atoms with Crippen LogP contribution in [-0.2, 0) is 24.5 Å². The Labute approximate surface area is 129 Å². The summed E-state index contributed by atoms with van der Waals surface area (Å²) in [6.45, 7) is 8.14. The van der Waals surface area contributed by atoms with Crippen LogP contribution < -0.4 is 10.0 Å². The molecule has 0 amide bonds. The van der Waals surface area contributed by atoms with Crippen molar-refractivity contribution < 1.29 is 4.21 Å². The van der Waals surface area contributed by atoms with Gasteiger partial charge < -0.3 is 5.32 Å². The zero-order chi connectivity index (χ0) is 15.3. The van der Waals surface area contributed by atoms with E-state index in [0.29, 0.717) is 0 Å². The van der Waals surface area contributed by atoms with Crippen molar-refractivity contribution in [2.75, 3.05) is 13.1 Å². The maximum atomic E-state index is 12.6. The Hall–Kier alpha value is -0.720. The van der Waals surface area contributed by atoms with E-state index in [9.17, 15) is 4.21 Å². The monoisotopic (exact) mass is 310 g/mol. The van der Waals surface area contributed by atoms with Crippen molar-refractivity contribution in [2.45, 2.75) is 50.8 Å². The Morgan fingerprint density at radius 2 is 2.10 bits per heavy atom. The maximum absolute atomic E-state index is 12.6. The highest BCUT2D eigenvalue weighted by molar-refractivity contribution is 7.84. The van der Waals surface area contributed by atoms with Gasteiger partial charge in [-0.25, -0.2) is 8.93 Å². The molecule has 0 aromatic carbocycles. The molecule has 2 heterocycles. The summed E-state index contributed by atoms with van der Waals surface area (Å²) in [5, 5.41) is 7.85. The van der Waals surface area contributed by atoms with Gasteiger partial charge in [-0.2, -0.15) is 5.10 Å². The predicted octanol–water partition coefficient (Wildman–Crippen LogP) is 1.44. The number of aryl methyl sites for hydroxylation is 1. The summed E-state index contributed by atoms with van der Waals surface area (Å²) in [5.41, 5.74) is 2.75. The van der Waals surface area contributed by atoms with Gasteiger partial charge in [0.15, 0.2) is 0 Å². The van der Waals surface area contributed by atoms with Gasteiger partial charge in [0.25, 0.3) is 0 Å². The van der Waals surface area contributed by atoms with Crippen LogP contribution in [0.4, 0.5) is 0 Å². The normalized spacial score (nSPS) is 26.0. The summed E-state index contributed by atoms with van der Waals surface area (Å²) in [7, 11) is 0.950. The zero-order valence-corrected chi connectivity index (χ0v) is 14.2. The topological polar surface area (TPSA) is 59.0 Å². The minimum absolute atomic E-state index is 0.156. The number of piperidine rings is 1. The molecule has 2 atom stereocenters. The molecular weight excluding hydrogens is 284 g/mol. The second-order valence-electron chi connectivity index (χ2n) is 7.39. The first-order valence-corrected chi connectivity index (χ1v) is 8.88. The van der Waals surface area contributed by atoms with Gasteiger partial charge in [-0.1, -0.05) is 0 Å². The molecule has 3 rings (SSSR count). The summed E-state index contributed by atoms with van der Waals surface area (Å²) < 4.78 is 17.8. The molecule has 5 nitrogen and oxygen atoms in total. The quantitative estimate of drug-likeness (QED) is 0.869. The van der Waals surface area contributed by atoms with E-state index in [0.717, 1.165) is 32.4 Å². The Balaban J connectivity index is 1.93. The van der Waals surface area contributed by atoms with E-state index in [2.05, 4.69) is 15.1 Å². The average Bonchev–Trinajstić information content (AvgIpc) is 2.90. The lowest BCUT2D eigenvalue weighted by atomic mass is 9.74. The Bertz CT molecular complexity index is 555. The van der Waals surface area contributed by atoms with Gasteiger partial charge in [-0.3, -0.25) is 4.68 Å². The number of aromatic nitrogens is 2. The lowest BCUT2D eigenvalue weighted by Crippen LogP contribution is -2.46.